The normalized spacial score (nSPS) is 12.1. The zero-order valence-electron chi connectivity index (χ0n) is 17.8. The fourth-order valence-corrected chi connectivity index (χ4v) is 4.88. The van der Waals surface area contributed by atoms with E-state index in [0.29, 0.717) is 0 Å². The highest BCUT2D eigenvalue weighted by Crippen LogP contribution is 2.48. The molecule has 0 saturated carbocycles. The summed E-state index contributed by atoms with van der Waals surface area (Å²) in [5.74, 6) is 0.926. The molecule has 0 aliphatic rings. The summed E-state index contributed by atoms with van der Waals surface area (Å²) in [5, 5.41) is 0. The summed E-state index contributed by atoms with van der Waals surface area (Å²) in [6.07, 6.45) is 0. The summed E-state index contributed by atoms with van der Waals surface area (Å²) < 4.78 is 6.65. The number of nitrogens with zero attached hydrogens (tertiary/aromatic N) is 1. The predicted molar refractivity (Wildman–Crippen MR) is 125 cm³/mol. The number of hydrogen-bond acceptors (Lipinski definition) is 2. The average Bonchev–Trinajstić information content (AvgIpc) is 2.75. The van der Waals surface area contributed by atoms with Gasteiger partial charge in [0.05, 0.1) is 39.1 Å². The van der Waals surface area contributed by atoms with Gasteiger partial charge in [0.25, 0.3) is 0 Å². The molecular weight excluding hydrogens is 374 g/mol. The Balaban J connectivity index is 1.89. The van der Waals surface area contributed by atoms with Gasteiger partial charge in [0.1, 0.15) is 6.54 Å². The Morgan fingerprint density at radius 2 is 1.07 bits per heavy atom. The summed E-state index contributed by atoms with van der Waals surface area (Å²) in [4.78, 5) is 0. The summed E-state index contributed by atoms with van der Waals surface area (Å²) in [6.45, 7) is 2.56. The molecule has 152 valence electrons. The van der Waals surface area contributed by atoms with Gasteiger partial charge in [-0.25, -0.2) is 0 Å². The molecule has 0 atom stereocenters. The Morgan fingerprint density at radius 1 is 0.655 bits per heavy atom. The van der Waals surface area contributed by atoms with E-state index in [0.717, 1.165) is 30.0 Å². The molecule has 2 nitrogen and oxygen atoms in total. The highest BCUT2D eigenvalue weighted by molar-refractivity contribution is 8.00. The molecule has 0 spiro atoms. The van der Waals surface area contributed by atoms with Crippen LogP contribution in [0.5, 0.6) is 0 Å². The van der Waals surface area contributed by atoms with Crippen LogP contribution in [0.25, 0.3) is 0 Å². The van der Waals surface area contributed by atoms with E-state index in [-0.39, 0.29) is 4.75 Å². The van der Waals surface area contributed by atoms with Gasteiger partial charge in [0.2, 0.25) is 0 Å². The highest BCUT2D eigenvalue weighted by atomic mass is 32.2. The molecule has 0 bridgehead atoms. The van der Waals surface area contributed by atoms with Crippen LogP contribution in [0, 0.1) is 0 Å². The van der Waals surface area contributed by atoms with Crippen molar-refractivity contribution in [3.05, 3.63) is 108 Å². The van der Waals surface area contributed by atoms with Gasteiger partial charge in [0.15, 0.2) is 0 Å². The minimum atomic E-state index is -0.257. The first-order valence-electron chi connectivity index (χ1n) is 10.2. The third-order valence-corrected chi connectivity index (χ3v) is 6.50. The molecule has 0 aliphatic carbocycles. The van der Waals surface area contributed by atoms with Crippen molar-refractivity contribution >= 4 is 11.8 Å². The Hall–Kier alpha value is -2.07. The maximum atomic E-state index is 5.98. The first kappa shape index (κ1) is 21.6. The minimum absolute atomic E-state index is 0.257. The van der Waals surface area contributed by atoms with Crippen molar-refractivity contribution in [2.24, 2.45) is 0 Å². The van der Waals surface area contributed by atoms with Crippen LogP contribution in [0.3, 0.4) is 0 Å². The number of benzene rings is 3. The quantitative estimate of drug-likeness (QED) is 0.252. The van der Waals surface area contributed by atoms with E-state index in [1.165, 1.54) is 16.7 Å². The summed E-state index contributed by atoms with van der Waals surface area (Å²) >= 11 is 1.96. The largest absolute Gasteiger partial charge is 0.375 e. The molecule has 0 radical (unpaired) electrons. The number of thioether (sulfide) groups is 1. The van der Waals surface area contributed by atoms with Gasteiger partial charge in [-0.3, -0.25) is 0 Å². The number of hydrogen-bond donors (Lipinski definition) is 0. The third kappa shape index (κ3) is 5.72. The second kappa shape index (κ2) is 10.1. The van der Waals surface area contributed by atoms with Crippen LogP contribution in [-0.2, 0) is 9.48 Å². The van der Waals surface area contributed by atoms with E-state index in [2.05, 4.69) is 112 Å². The molecule has 0 aliphatic heterocycles. The van der Waals surface area contributed by atoms with Gasteiger partial charge in [0, 0.05) is 5.75 Å². The van der Waals surface area contributed by atoms with Gasteiger partial charge in [-0.05, 0) is 16.7 Å². The molecule has 3 rings (SSSR count). The maximum Gasteiger partial charge on any atom is 0.102 e. The summed E-state index contributed by atoms with van der Waals surface area (Å²) in [6, 6.07) is 32.5. The Kier molecular flexibility index (Phi) is 7.54. The van der Waals surface area contributed by atoms with E-state index in [9.17, 15) is 0 Å². The maximum absolute atomic E-state index is 5.98. The van der Waals surface area contributed by atoms with Crippen molar-refractivity contribution in [1.29, 1.82) is 0 Å². The second-order valence-corrected chi connectivity index (χ2v) is 9.56. The van der Waals surface area contributed by atoms with Crippen LogP contribution >= 0.6 is 11.8 Å². The van der Waals surface area contributed by atoms with Crippen molar-refractivity contribution in [2.75, 3.05) is 46.7 Å². The minimum Gasteiger partial charge on any atom is -0.375 e. The van der Waals surface area contributed by atoms with Gasteiger partial charge >= 0.3 is 0 Å². The zero-order valence-corrected chi connectivity index (χ0v) is 18.6. The van der Waals surface area contributed by atoms with Crippen LogP contribution < -0.4 is 0 Å². The second-order valence-electron chi connectivity index (χ2n) is 8.25. The van der Waals surface area contributed by atoms with E-state index >= 15 is 0 Å². The smallest absolute Gasteiger partial charge is 0.102 e. The zero-order chi connectivity index (χ0) is 20.6. The van der Waals surface area contributed by atoms with Crippen molar-refractivity contribution in [3.63, 3.8) is 0 Å². The standard InChI is InChI=1S/C26H32NOS/c1-27(2,3)19-20-28-21-22-29-26(23-13-7-4-8-14-23,24-15-9-5-10-16-24)25-17-11-6-12-18-25/h4-18H,19-22H2,1-3H3/q+1. The topological polar surface area (TPSA) is 9.23 Å². The van der Waals surface area contributed by atoms with Gasteiger partial charge in [-0.1, -0.05) is 91.0 Å². The van der Waals surface area contributed by atoms with Crippen LogP contribution in [0.1, 0.15) is 16.7 Å². The lowest BCUT2D eigenvalue weighted by Gasteiger charge is -2.35. The Morgan fingerprint density at radius 3 is 1.45 bits per heavy atom. The lowest BCUT2D eigenvalue weighted by Crippen LogP contribution is -2.37. The average molecular weight is 407 g/mol. The molecule has 29 heavy (non-hydrogen) atoms. The number of quaternary nitrogens is 1. The van der Waals surface area contributed by atoms with E-state index < -0.39 is 0 Å². The molecule has 0 heterocycles. The highest BCUT2D eigenvalue weighted by Gasteiger charge is 2.36. The van der Waals surface area contributed by atoms with Crippen molar-refractivity contribution in [2.45, 2.75) is 4.75 Å². The van der Waals surface area contributed by atoms with Crippen LogP contribution in [0.15, 0.2) is 91.0 Å². The SMILES string of the molecule is C[N+](C)(C)CCOCCSC(c1ccccc1)(c1ccccc1)c1ccccc1. The van der Waals surface area contributed by atoms with Crippen molar-refractivity contribution in [3.8, 4) is 0 Å². The molecule has 0 aromatic heterocycles. The molecule has 0 fully saturated rings. The first-order chi connectivity index (χ1) is 14.0. The first-order valence-corrected chi connectivity index (χ1v) is 11.2. The predicted octanol–water partition coefficient (Wildman–Crippen LogP) is 5.43. The molecule has 3 aromatic rings. The molecule has 0 saturated heterocycles. The fourth-order valence-electron chi connectivity index (χ4n) is 3.46. The Labute approximate surface area is 180 Å². The Bertz CT molecular complexity index is 747. The summed E-state index contributed by atoms with van der Waals surface area (Å²) in [7, 11) is 6.59. The molecule has 3 heteroatoms. The number of ether oxygens (including phenoxy) is 1. The van der Waals surface area contributed by atoms with Gasteiger partial charge in [-0.15, -0.1) is 11.8 Å². The number of likely N-dealkylation sites (N-methyl/N-ethyl adjacent to an activating group) is 1. The van der Waals surface area contributed by atoms with E-state index in [4.69, 9.17) is 4.74 Å². The van der Waals surface area contributed by atoms with E-state index in [1.54, 1.807) is 0 Å². The lowest BCUT2D eigenvalue weighted by molar-refractivity contribution is -0.870. The van der Waals surface area contributed by atoms with Gasteiger partial charge < -0.3 is 9.22 Å². The fraction of sp³-hybridized carbons (Fsp3) is 0.308. The van der Waals surface area contributed by atoms with Crippen LogP contribution in [-0.4, -0.2) is 51.1 Å². The van der Waals surface area contributed by atoms with Crippen molar-refractivity contribution < 1.29 is 9.22 Å². The van der Waals surface area contributed by atoms with Crippen molar-refractivity contribution in [1.82, 2.24) is 0 Å². The molecule has 0 unspecified atom stereocenters. The molecule has 0 amide bonds. The summed E-state index contributed by atoms with van der Waals surface area (Å²) in [5.41, 5.74) is 3.90. The third-order valence-electron chi connectivity index (χ3n) is 4.99. The number of rotatable bonds is 10. The monoisotopic (exact) mass is 406 g/mol. The van der Waals surface area contributed by atoms with Crippen LogP contribution in [0.4, 0.5) is 0 Å². The van der Waals surface area contributed by atoms with Crippen LogP contribution in [0.2, 0.25) is 0 Å². The molecule has 3 aromatic carbocycles. The molecule has 0 N–H and O–H groups in total. The molecular formula is C26H32NOS+. The lowest BCUT2D eigenvalue weighted by atomic mass is 9.84. The van der Waals surface area contributed by atoms with E-state index in [1.807, 2.05) is 11.8 Å². The van der Waals surface area contributed by atoms with Gasteiger partial charge in [-0.2, -0.15) is 0 Å².